The van der Waals surface area contributed by atoms with E-state index in [0.29, 0.717) is 6.04 Å². The zero-order valence-electron chi connectivity index (χ0n) is 16.4. The maximum absolute atomic E-state index is 6.18. The molecule has 0 aromatic carbocycles. The van der Waals surface area contributed by atoms with Crippen LogP contribution in [0.2, 0.25) is 0 Å². The molecule has 0 aliphatic carbocycles. The molecule has 0 spiro atoms. The summed E-state index contributed by atoms with van der Waals surface area (Å²) in [5.41, 5.74) is 6.84. The first-order valence-electron chi connectivity index (χ1n) is 9.53. The first-order valence-corrected chi connectivity index (χ1v) is 9.53. The second-order valence-corrected chi connectivity index (χ2v) is 9.77. The van der Waals surface area contributed by atoms with E-state index >= 15 is 0 Å². The molecule has 0 radical (unpaired) electrons. The van der Waals surface area contributed by atoms with Crippen molar-refractivity contribution in [2.45, 2.75) is 89.9 Å². The molecule has 4 heteroatoms. The Morgan fingerprint density at radius 2 is 1.74 bits per heavy atom. The Balaban J connectivity index is 1.92. The second-order valence-electron chi connectivity index (χ2n) is 9.77. The molecule has 2 rings (SSSR count). The van der Waals surface area contributed by atoms with Crippen molar-refractivity contribution in [3.05, 3.63) is 0 Å². The third-order valence-electron chi connectivity index (χ3n) is 5.91. The van der Waals surface area contributed by atoms with Crippen molar-refractivity contribution < 1.29 is 0 Å². The molecule has 2 aliphatic rings. The SMILES string of the molecule is CC1(NCC(C)(C)N2CCC[C@@H](N)C2)CCCN(C(C)(C)C)C1. The smallest absolute Gasteiger partial charge is 0.0281 e. The van der Waals surface area contributed by atoms with E-state index in [1.807, 2.05) is 0 Å². The van der Waals surface area contributed by atoms with Gasteiger partial charge in [-0.05, 0) is 80.3 Å². The molecule has 2 fully saturated rings. The molecule has 4 nitrogen and oxygen atoms in total. The number of hydrogen-bond acceptors (Lipinski definition) is 4. The van der Waals surface area contributed by atoms with Gasteiger partial charge in [-0.3, -0.25) is 9.80 Å². The Kier molecular flexibility index (Phi) is 5.82. The Morgan fingerprint density at radius 3 is 2.35 bits per heavy atom. The number of piperidine rings is 2. The average Bonchev–Trinajstić information content (AvgIpc) is 2.45. The molecule has 0 saturated carbocycles. The van der Waals surface area contributed by atoms with Crippen molar-refractivity contribution in [3.8, 4) is 0 Å². The molecule has 0 bridgehead atoms. The van der Waals surface area contributed by atoms with Crippen LogP contribution in [0, 0.1) is 0 Å². The largest absolute Gasteiger partial charge is 0.327 e. The lowest BCUT2D eigenvalue weighted by Gasteiger charge is -2.49. The summed E-state index contributed by atoms with van der Waals surface area (Å²) >= 11 is 0. The predicted octanol–water partition coefficient (Wildman–Crippen LogP) is 2.43. The van der Waals surface area contributed by atoms with E-state index < -0.39 is 0 Å². The van der Waals surface area contributed by atoms with Crippen molar-refractivity contribution >= 4 is 0 Å². The van der Waals surface area contributed by atoms with E-state index in [-0.39, 0.29) is 16.6 Å². The molecule has 0 amide bonds. The summed E-state index contributed by atoms with van der Waals surface area (Å²) in [6.07, 6.45) is 4.98. The van der Waals surface area contributed by atoms with Gasteiger partial charge in [0, 0.05) is 42.3 Å². The van der Waals surface area contributed by atoms with Crippen molar-refractivity contribution in [2.24, 2.45) is 5.73 Å². The molecule has 136 valence electrons. The third-order valence-corrected chi connectivity index (χ3v) is 5.91. The highest BCUT2D eigenvalue weighted by Crippen LogP contribution is 2.28. The first kappa shape index (κ1) is 19.2. The summed E-state index contributed by atoms with van der Waals surface area (Å²) in [5.74, 6) is 0. The number of hydrogen-bond donors (Lipinski definition) is 2. The summed E-state index contributed by atoms with van der Waals surface area (Å²) in [6, 6.07) is 0.352. The number of nitrogens with one attached hydrogen (secondary N) is 1. The fraction of sp³-hybridized carbons (Fsp3) is 1.00. The highest BCUT2D eigenvalue weighted by atomic mass is 15.3. The second kappa shape index (κ2) is 6.99. The van der Waals surface area contributed by atoms with Gasteiger partial charge in [-0.15, -0.1) is 0 Å². The van der Waals surface area contributed by atoms with Gasteiger partial charge in [-0.25, -0.2) is 0 Å². The average molecular weight is 325 g/mol. The van der Waals surface area contributed by atoms with Crippen molar-refractivity contribution in [2.75, 3.05) is 32.7 Å². The lowest BCUT2D eigenvalue weighted by Crippen LogP contribution is -2.63. The first-order chi connectivity index (χ1) is 10.5. The van der Waals surface area contributed by atoms with Crippen molar-refractivity contribution in [3.63, 3.8) is 0 Å². The molecule has 2 aliphatic heterocycles. The van der Waals surface area contributed by atoms with Crippen LogP contribution >= 0.6 is 0 Å². The predicted molar refractivity (Wildman–Crippen MR) is 99.8 cm³/mol. The van der Waals surface area contributed by atoms with Crippen LogP contribution in [0.5, 0.6) is 0 Å². The minimum atomic E-state index is 0.172. The Hall–Kier alpha value is -0.160. The standard InChI is InChI=1S/C19H40N4/c1-17(2,3)23-12-8-10-19(6,15-23)21-14-18(4,5)22-11-7-9-16(20)13-22/h16,21H,7-15,20H2,1-6H3/t16-,19?/m1/s1. The lowest BCUT2D eigenvalue weighted by atomic mass is 9.87. The molecule has 0 aromatic heterocycles. The van der Waals surface area contributed by atoms with E-state index in [2.05, 4.69) is 56.7 Å². The fourth-order valence-electron chi connectivity index (χ4n) is 4.06. The van der Waals surface area contributed by atoms with Crippen molar-refractivity contribution in [1.29, 1.82) is 0 Å². The number of likely N-dealkylation sites (tertiary alicyclic amines) is 2. The van der Waals surface area contributed by atoms with E-state index in [0.717, 1.165) is 19.6 Å². The maximum Gasteiger partial charge on any atom is 0.0281 e. The Bertz CT molecular complexity index is 387. The van der Waals surface area contributed by atoms with E-state index in [9.17, 15) is 0 Å². The zero-order valence-corrected chi connectivity index (χ0v) is 16.4. The van der Waals surface area contributed by atoms with Crippen LogP contribution in [0.1, 0.15) is 67.2 Å². The van der Waals surface area contributed by atoms with E-state index in [4.69, 9.17) is 5.73 Å². The van der Waals surface area contributed by atoms with Gasteiger partial charge in [-0.2, -0.15) is 0 Å². The fourth-order valence-corrected chi connectivity index (χ4v) is 4.06. The van der Waals surface area contributed by atoms with Gasteiger partial charge in [0.25, 0.3) is 0 Å². The van der Waals surface area contributed by atoms with Gasteiger partial charge in [0.05, 0.1) is 0 Å². The van der Waals surface area contributed by atoms with Gasteiger partial charge >= 0.3 is 0 Å². The highest BCUT2D eigenvalue weighted by Gasteiger charge is 2.37. The van der Waals surface area contributed by atoms with Crippen LogP contribution in [0.25, 0.3) is 0 Å². The monoisotopic (exact) mass is 324 g/mol. The van der Waals surface area contributed by atoms with Crippen LogP contribution in [-0.4, -0.2) is 65.2 Å². The van der Waals surface area contributed by atoms with Crippen LogP contribution in [-0.2, 0) is 0 Å². The van der Waals surface area contributed by atoms with Crippen LogP contribution in [0.3, 0.4) is 0 Å². The van der Waals surface area contributed by atoms with E-state index in [1.165, 1.54) is 38.8 Å². The normalized spacial score (nSPS) is 32.2. The lowest BCUT2D eigenvalue weighted by molar-refractivity contribution is 0.0380. The summed E-state index contributed by atoms with van der Waals surface area (Å²) < 4.78 is 0. The van der Waals surface area contributed by atoms with Gasteiger partial charge in [0.2, 0.25) is 0 Å². The minimum absolute atomic E-state index is 0.172. The van der Waals surface area contributed by atoms with Crippen LogP contribution < -0.4 is 11.1 Å². The maximum atomic E-state index is 6.18. The summed E-state index contributed by atoms with van der Waals surface area (Å²) in [5, 5.41) is 3.93. The minimum Gasteiger partial charge on any atom is -0.327 e. The van der Waals surface area contributed by atoms with Gasteiger partial charge in [0.1, 0.15) is 0 Å². The molecule has 1 unspecified atom stereocenters. The van der Waals surface area contributed by atoms with Crippen LogP contribution in [0.4, 0.5) is 0 Å². The molecule has 3 N–H and O–H groups in total. The van der Waals surface area contributed by atoms with Gasteiger partial charge in [0.15, 0.2) is 0 Å². The molecular formula is C19H40N4. The summed E-state index contributed by atoms with van der Waals surface area (Å²) in [6.45, 7) is 19.8. The topological polar surface area (TPSA) is 44.5 Å². The summed E-state index contributed by atoms with van der Waals surface area (Å²) in [7, 11) is 0. The van der Waals surface area contributed by atoms with Gasteiger partial charge in [-0.1, -0.05) is 0 Å². The molecular weight excluding hydrogens is 284 g/mol. The van der Waals surface area contributed by atoms with E-state index in [1.54, 1.807) is 0 Å². The number of rotatable bonds is 4. The molecule has 2 atom stereocenters. The molecule has 2 heterocycles. The molecule has 0 aromatic rings. The van der Waals surface area contributed by atoms with Crippen molar-refractivity contribution in [1.82, 2.24) is 15.1 Å². The Morgan fingerprint density at radius 1 is 1.09 bits per heavy atom. The molecule has 23 heavy (non-hydrogen) atoms. The Labute approximate surface area is 144 Å². The zero-order chi connectivity index (χ0) is 17.3. The number of nitrogens with two attached hydrogens (primary N) is 1. The quantitative estimate of drug-likeness (QED) is 0.834. The molecule has 2 saturated heterocycles. The highest BCUT2D eigenvalue weighted by molar-refractivity contribution is 4.97. The van der Waals surface area contributed by atoms with Gasteiger partial charge < -0.3 is 11.1 Å². The third kappa shape index (κ3) is 5.15. The number of nitrogens with zero attached hydrogens (tertiary/aromatic N) is 2. The summed E-state index contributed by atoms with van der Waals surface area (Å²) in [4.78, 5) is 5.22. The van der Waals surface area contributed by atoms with Crippen LogP contribution in [0.15, 0.2) is 0 Å².